The van der Waals surface area contributed by atoms with Gasteiger partial charge in [0, 0.05) is 5.78 Å². The Balaban J connectivity index is 2.42. The Bertz CT molecular complexity index is 103. The average Bonchev–Trinajstić information content (AvgIpc) is 1.64. The van der Waals surface area contributed by atoms with Gasteiger partial charge in [0.15, 0.2) is 0 Å². The van der Waals surface area contributed by atoms with E-state index in [0.29, 0.717) is 5.78 Å². The van der Waals surface area contributed by atoms with Crippen LogP contribution in [0.4, 0.5) is 0 Å². The Kier molecular flexibility index (Phi) is 2.01. The zero-order valence-corrected chi connectivity index (χ0v) is 5.83. The summed E-state index contributed by atoms with van der Waals surface area (Å²) < 4.78 is 0. The fourth-order valence-electron chi connectivity index (χ4n) is 0.743. The molecule has 1 rings (SSSR count). The maximum atomic E-state index is 5.51. The lowest BCUT2D eigenvalue weighted by molar-refractivity contribution is 0.562. The number of nitrogens with two attached hydrogens (primary N) is 1. The lowest BCUT2D eigenvalue weighted by Crippen LogP contribution is -2.41. The molecule has 0 aromatic rings. The molecule has 1 aliphatic heterocycles. The third-order valence-corrected chi connectivity index (χ3v) is 1.60. The molecule has 0 aliphatic carbocycles. The Morgan fingerprint density at radius 1 is 1.75 bits per heavy atom. The van der Waals surface area contributed by atoms with Crippen molar-refractivity contribution in [1.82, 2.24) is 5.32 Å². The second-order valence-electron chi connectivity index (χ2n) is 1.96. The van der Waals surface area contributed by atoms with Crippen LogP contribution in [-0.4, -0.2) is 11.9 Å². The summed E-state index contributed by atoms with van der Waals surface area (Å²) in [5.74, 6) is 0.468. The second kappa shape index (κ2) is 2.58. The molecule has 0 spiro atoms. The topological polar surface area (TPSA) is 38.0 Å². The molecule has 0 fully saturated rings. The molecule has 2 nitrogen and oxygen atoms in total. The molecular formula is C5H11N2P. The van der Waals surface area contributed by atoms with Crippen LogP contribution in [0.2, 0.25) is 0 Å². The first kappa shape index (κ1) is 6.21. The van der Waals surface area contributed by atoms with Crippen LogP contribution >= 0.6 is 9.24 Å². The highest BCUT2D eigenvalue weighted by atomic mass is 31.0. The van der Waals surface area contributed by atoms with Crippen LogP contribution in [0.5, 0.6) is 0 Å². The van der Waals surface area contributed by atoms with Gasteiger partial charge in [0.05, 0.1) is 6.17 Å². The van der Waals surface area contributed by atoms with Crippen molar-refractivity contribution in [3.63, 3.8) is 0 Å². The Morgan fingerprint density at radius 3 is 2.88 bits per heavy atom. The van der Waals surface area contributed by atoms with E-state index in [0.717, 1.165) is 6.42 Å². The zero-order chi connectivity index (χ0) is 5.98. The molecule has 3 N–H and O–H groups in total. The van der Waals surface area contributed by atoms with Gasteiger partial charge in [0.2, 0.25) is 0 Å². The summed E-state index contributed by atoms with van der Waals surface area (Å²) in [7, 11) is 2.69. The number of hydrogen-bond donors (Lipinski definition) is 2. The monoisotopic (exact) mass is 130 g/mol. The van der Waals surface area contributed by atoms with Crippen molar-refractivity contribution in [2.24, 2.45) is 5.73 Å². The minimum atomic E-state index is 0.0613. The van der Waals surface area contributed by atoms with Gasteiger partial charge in [-0.15, -0.1) is 9.24 Å². The van der Waals surface area contributed by atoms with Gasteiger partial charge in [0.25, 0.3) is 0 Å². The van der Waals surface area contributed by atoms with Crippen molar-refractivity contribution in [2.45, 2.75) is 18.4 Å². The van der Waals surface area contributed by atoms with Gasteiger partial charge < -0.3 is 5.73 Å². The number of rotatable bonds is 0. The maximum absolute atomic E-state index is 5.51. The molecule has 0 amide bonds. The predicted molar refractivity (Wildman–Crippen MR) is 38.4 cm³/mol. The molecular weight excluding hydrogens is 119 g/mol. The normalized spacial score (nSPS) is 37.8. The van der Waals surface area contributed by atoms with Crippen molar-refractivity contribution in [2.75, 3.05) is 0 Å². The fourth-order valence-corrected chi connectivity index (χ4v) is 1.12. The third kappa shape index (κ3) is 1.55. The summed E-state index contributed by atoms with van der Waals surface area (Å²) in [4.78, 5) is 0. The van der Waals surface area contributed by atoms with E-state index >= 15 is 0 Å². The first-order valence-corrected chi connectivity index (χ1v) is 3.39. The van der Waals surface area contributed by atoms with Crippen molar-refractivity contribution in [3.8, 4) is 0 Å². The molecule has 0 aromatic heterocycles. The van der Waals surface area contributed by atoms with Gasteiger partial charge in [0.1, 0.15) is 0 Å². The molecule has 0 saturated carbocycles. The van der Waals surface area contributed by atoms with E-state index in [1.807, 2.05) is 6.08 Å². The van der Waals surface area contributed by atoms with E-state index in [1.54, 1.807) is 0 Å². The standard InChI is InChI=1S/C5H11N2P/c6-4-2-1-3-5(8)7-4/h1-2,4-5,7H,3,6,8H2. The van der Waals surface area contributed by atoms with Gasteiger partial charge in [-0.25, -0.2) is 0 Å². The Hall–Kier alpha value is 0.0900. The van der Waals surface area contributed by atoms with Crippen LogP contribution in [0.25, 0.3) is 0 Å². The smallest absolute Gasteiger partial charge is 0.0743 e. The third-order valence-electron chi connectivity index (χ3n) is 1.14. The predicted octanol–water partition coefficient (Wildman–Crippen LogP) is 0.0219. The minimum Gasteiger partial charge on any atom is -0.313 e. The number of hydrogen-bond acceptors (Lipinski definition) is 2. The lowest BCUT2D eigenvalue weighted by atomic mass is 10.2. The molecule has 1 aliphatic rings. The van der Waals surface area contributed by atoms with Gasteiger partial charge in [-0.3, -0.25) is 5.32 Å². The van der Waals surface area contributed by atoms with Gasteiger partial charge in [-0.1, -0.05) is 12.2 Å². The Morgan fingerprint density at radius 2 is 2.50 bits per heavy atom. The average molecular weight is 130 g/mol. The molecule has 1 heterocycles. The van der Waals surface area contributed by atoms with Crippen LogP contribution in [0.1, 0.15) is 6.42 Å². The van der Waals surface area contributed by atoms with E-state index in [9.17, 15) is 0 Å². The summed E-state index contributed by atoms with van der Waals surface area (Å²) in [6.45, 7) is 0. The summed E-state index contributed by atoms with van der Waals surface area (Å²) >= 11 is 0. The van der Waals surface area contributed by atoms with Crippen molar-refractivity contribution < 1.29 is 0 Å². The molecule has 8 heavy (non-hydrogen) atoms. The molecule has 3 atom stereocenters. The highest BCUT2D eigenvalue weighted by Gasteiger charge is 2.06. The highest BCUT2D eigenvalue weighted by Crippen LogP contribution is 2.06. The first-order chi connectivity index (χ1) is 3.79. The lowest BCUT2D eigenvalue weighted by Gasteiger charge is -2.19. The van der Waals surface area contributed by atoms with Gasteiger partial charge >= 0.3 is 0 Å². The van der Waals surface area contributed by atoms with Crippen LogP contribution in [0.15, 0.2) is 12.2 Å². The van der Waals surface area contributed by atoms with E-state index in [-0.39, 0.29) is 6.17 Å². The van der Waals surface area contributed by atoms with Gasteiger partial charge in [-0.2, -0.15) is 0 Å². The molecule has 0 bridgehead atoms. The Labute approximate surface area is 51.7 Å². The second-order valence-corrected chi connectivity index (χ2v) is 2.77. The molecule has 3 heteroatoms. The van der Waals surface area contributed by atoms with Crippen molar-refractivity contribution >= 4 is 9.24 Å². The van der Waals surface area contributed by atoms with E-state index in [1.165, 1.54) is 0 Å². The van der Waals surface area contributed by atoms with E-state index < -0.39 is 0 Å². The minimum absolute atomic E-state index is 0.0613. The summed E-state index contributed by atoms with van der Waals surface area (Å²) in [6.07, 6.45) is 5.20. The molecule has 3 unspecified atom stereocenters. The summed E-state index contributed by atoms with van der Waals surface area (Å²) in [6, 6.07) is 0. The van der Waals surface area contributed by atoms with Crippen LogP contribution in [0, 0.1) is 0 Å². The van der Waals surface area contributed by atoms with Crippen LogP contribution in [0.3, 0.4) is 0 Å². The fraction of sp³-hybridized carbons (Fsp3) is 0.600. The molecule has 0 aromatic carbocycles. The van der Waals surface area contributed by atoms with Crippen LogP contribution < -0.4 is 11.1 Å². The van der Waals surface area contributed by atoms with Crippen molar-refractivity contribution in [1.29, 1.82) is 0 Å². The molecule has 0 saturated heterocycles. The van der Waals surface area contributed by atoms with E-state index in [4.69, 9.17) is 5.73 Å². The number of nitrogens with one attached hydrogen (secondary N) is 1. The first-order valence-electron chi connectivity index (χ1n) is 2.73. The van der Waals surface area contributed by atoms with E-state index in [2.05, 4.69) is 20.6 Å². The molecule has 46 valence electrons. The summed E-state index contributed by atoms with van der Waals surface area (Å²) in [5.41, 5.74) is 5.51. The van der Waals surface area contributed by atoms with Gasteiger partial charge in [-0.05, 0) is 6.42 Å². The van der Waals surface area contributed by atoms with Crippen molar-refractivity contribution in [3.05, 3.63) is 12.2 Å². The highest BCUT2D eigenvalue weighted by molar-refractivity contribution is 7.17. The van der Waals surface area contributed by atoms with Crippen LogP contribution in [-0.2, 0) is 0 Å². The maximum Gasteiger partial charge on any atom is 0.0743 e. The largest absolute Gasteiger partial charge is 0.313 e. The SMILES string of the molecule is NC1C=CCC(P)N1. The summed E-state index contributed by atoms with van der Waals surface area (Å²) in [5, 5.41) is 3.13. The zero-order valence-electron chi connectivity index (χ0n) is 4.67. The molecule has 0 radical (unpaired) electrons. The quantitative estimate of drug-likeness (QED) is 0.358.